The first-order chi connectivity index (χ1) is 17.4. The van der Waals surface area contributed by atoms with Crippen LogP contribution in [0.25, 0.3) is 0 Å². The van der Waals surface area contributed by atoms with Crippen molar-refractivity contribution in [2.75, 3.05) is 37.7 Å². The molecular weight excluding hydrogens is 465 g/mol. The van der Waals surface area contributed by atoms with E-state index in [4.69, 9.17) is 14.7 Å². The predicted octanol–water partition coefficient (Wildman–Crippen LogP) is 3.46. The fourth-order valence-electron chi connectivity index (χ4n) is 4.69. The van der Waals surface area contributed by atoms with Gasteiger partial charge in [-0.1, -0.05) is 18.2 Å². The van der Waals surface area contributed by atoms with Crippen molar-refractivity contribution in [3.8, 4) is 0 Å². The number of anilines is 1. The van der Waals surface area contributed by atoms with E-state index in [1.165, 1.54) is 18.2 Å². The van der Waals surface area contributed by atoms with Crippen LogP contribution in [0.3, 0.4) is 0 Å². The maximum atomic E-state index is 13.7. The molecule has 5 rings (SSSR count). The van der Waals surface area contributed by atoms with E-state index in [-0.39, 0.29) is 23.0 Å². The summed E-state index contributed by atoms with van der Waals surface area (Å²) in [6.45, 7) is 4.88. The van der Waals surface area contributed by atoms with Crippen molar-refractivity contribution in [1.82, 2.24) is 14.9 Å². The molecule has 0 N–H and O–H groups in total. The summed E-state index contributed by atoms with van der Waals surface area (Å²) in [4.78, 5) is 37.7. The summed E-state index contributed by atoms with van der Waals surface area (Å²) in [6, 6.07) is 11.0. The highest BCUT2D eigenvalue weighted by atomic mass is 19.1. The number of aromatic nitrogens is 2. The number of carbonyl (C=O) groups excluding carboxylic acids is 1. The summed E-state index contributed by atoms with van der Waals surface area (Å²) in [6.07, 6.45) is 0.934. The minimum absolute atomic E-state index is 0.0717. The van der Waals surface area contributed by atoms with Crippen LogP contribution in [0.2, 0.25) is 0 Å². The number of morpholine rings is 1. The topological polar surface area (TPSA) is 102 Å². The van der Waals surface area contributed by atoms with Gasteiger partial charge in [0.1, 0.15) is 17.5 Å². The standard InChI is InChI=1S/C26H26FN5O4/c1-17-5-6-19(15-23(17)32(34)35)26(33)31-8-7-22-21(16-31)25(30-9-11-36-12-10-30)29-24(28-22)14-18-3-2-4-20(27)13-18/h2-6,13,15H,7-12,14,16H2,1H3. The van der Waals surface area contributed by atoms with Crippen LogP contribution in [0.1, 0.15) is 38.6 Å². The van der Waals surface area contributed by atoms with Gasteiger partial charge in [0, 0.05) is 55.2 Å². The van der Waals surface area contributed by atoms with Gasteiger partial charge in [0.15, 0.2) is 0 Å². The third kappa shape index (κ3) is 4.90. The average molecular weight is 492 g/mol. The second-order valence-electron chi connectivity index (χ2n) is 9.03. The first kappa shape index (κ1) is 23.8. The Kier molecular flexibility index (Phi) is 6.60. The van der Waals surface area contributed by atoms with Gasteiger partial charge < -0.3 is 14.5 Å². The first-order valence-electron chi connectivity index (χ1n) is 11.9. The number of aryl methyl sites for hydroxylation is 1. The minimum Gasteiger partial charge on any atom is -0.378 e. The molecule has 1 aromatic heterocycles. The number of rotatable bonds is 5. The number of hydrogen-bond acceptors (Lipinski definition) is 7. The number of benzene rings is 2. The Labute approximate surface area is 207 Å². The van der Waals surface area contributed by atoms with Gasteiger partial charge in [0.25, 0.3) is 11.6 Å². The van der Waals surface area contributed by atoms with Gasteiger partial charge in [0.2, 0.25) is 0 Å². The lowest BCUT2D eigenvalue weighted by Crippen LogP contribution is -2.41. The zero-order chi connectivity index (χ0) is 25.2. The van der Waals surface area contributed by atoms with Crippen LogP contribution in [0.15, 0.2) is 42.5 Å². The lowest BCUT2D eigenvalue weighted by atomic mass is 10.0. The summed E-state index contributed by atoms with van der Waals surface area (Å²) in [5.74, 6) is 0.807. The van der Waals surface area contributed by atoms with Crippen LogP contribution >= 0.6 is 0 Å². The van der Waals surface area contributed by atoms with Crippen molar-refractivity contribution in [2.45, 2.75) is 26.3 Å². The number of nitro benzene ring substituents is 1. The Balaban J connectivity index is 1.46. The van der Waals surface area contributed by atoms with Gasteiger partial charge >= 0.3 is 0 Å². The van der Waals surface area contributed by atoms with Crippen molar-refractivity contribution in [2.24, 2.45) is 0 Å². The van der Waals surface area contributed by atoms with Crippen molar-refractivity contribution >= 4 is 17.4 Å². The monoisotopic (exact) mass is 491 g/mol. The maximum Gasteiger partial charge on any atom is 0.273 e. The first-order valence-corrected chi connectivity index (χ1v) is 11.9. The zero-order valence-electron chi connectivity index (χ0n) is 19.9. The molecule has 3 aromatic rings. The normalized spacial score (nSPS) is 15.5. The maximum absolute atomic E-state index is 13.7. The SMILES string of the molecule is Cc1ccc(C(=O)N2CCc3nc(Cc4cccc(F)c4)nc(N4CCOCC4)c3C2)cc1[N+](=O)[O-]. The summed E-state index contributed by atoms with van der Waals surface area (Å²) in [5.41, 5.74) is 3.26. The molecule has 10 heteroatoms. The summed E-state index contributed by atoms with van der Waals surface area (Å²) in [7, 11) is 0. The molecule has 2 aromatic carbocycles. The van der Waals surface area contributed by atoms with Gasteiger partial charge in [-0.2, -0.15) is 0 Å². The molecule has 1 saturated heterocycles. The lowest BCUT2D eigenvalue weighted by Gasteiger charge is -2.34. The van der Waals surface area contributed by atoms with Crippen LogP contribution in [0.4, 0.5) is 15.9 Å². The molecule has 9 nitrogen and oxygen atoms in total. The Morgan fingerprint density at radius 1 is 1.14 bits per heavy atom. The van der Waals surface area contributed by atoms with Crippen LogP contribution in [0.5, 0.6) is 0 Å². The highest BCUT2D eigenvalue weighted by molar-refractivity contribution is 5.95. The molecule has 2 aliphatic heterocycles. The smallest absolute Gasteiger partial charge is 0.273 e. The molecule has 0 aliphatic carbocycles. The third-order valence-electron chi connectivity index (χ3n) is 6.59. The van der Waals surface area contributed by atoms with E-state index >= 15 is 0 Å². The molecule has 1 amide bonds. The number of fused-ring (bicyclic) bond motifs is 1. The van der Waals surface area contributed by atoms with Gasteiger partial charge in [-0.25, -0.2) is 14.4 Å². The molecule has 0 radical (unpaired) electrons. The fraction of sp³-hybridized carbons (Fsp3) is 0.346. The number of hydrogen-bond donors (Lipinski definition) is 0. The summed E-state index contributed by atoms with van der Waals surface area (Å²) < 4.78 is 19.2. The van der Waals surface area contributed by atoms with Crippen LogP contribution in [-0.4, -0.2) is 58.5 Å². The number of nitro groups is 1. The van der Waals surface area contributed by atoms with E-state index in [0.29, 0.717) is 63.6 Å². The third-order valence-corrected chi connectivity index (χ3v) is 6.59. The minimum atomic E-state index is -0.470. The van der Waals surface area contributed by atoms with Crippen molar-refractivity contribution < 1.29 is 18.8 Å². The molecule has 186 valence electrons. The summed E-state index contributed by atoms with van der Waals surface area (Å²) in [5, 5.41) is 11.4. The van der Waals surface area contributed by atoms with Crippen LogP contribution in [0, 0.1) is 22.9 Å². The van der Waals surface area contributed by atoms with E-state index in [0.717, 1.165) is 22.6 Å². The van der Waals surface area contributed by atoms with E-state index < -0.39 is 4.92 Å². The van der Waals surface area contributed by atoms with Crippen LogP contribution < -0.4 is 4.90 Å². The van der Waals surface area contributed by atoms with E-state index in [1.54, 1.807) is 30.0 Å². The molecule has 0 bridgehead atoms. The van der Waals surface area contributed by atoms with Gasteiger partial charge in [-0.05, 0) is 30.7 Å². The molecule has 0 atom stereocenters. The molecule has 36 heavy (non-hydrogen) atoms. The Morgan fingerprint density at radius 2 is 1.94 bits per heavy atom. The molecule has 0 spiro atoms. The average Bonchev–Trinajstić information content (AvgIpc) is 2.88. The summed E-state index contributed by atoms with van der Waals surface area (Å²) >= 11 is 0. The quantitative estimate of drug-likeness (QED) is 0.398. The molecule has 0 saturated carbocycles. The molecule has 2 aliphatic rings. The van der Waals surface area contributed by atoms with Crippen molar-refractivity contribution in [3.05, 3.63) is 92.2 Å². The number of carbonyl (C=O) groups is 1. The molecule has 3 heterocycles. The number of ether oxygens (including phenoxy) is 1. The second kappa shape index (κ2) is 9.98. The van der Waals surface area contributed by atoms with Crippen molar-refractivity contribution in [1.29, 1.82) is 0 Å². The Hall–Kier alpha value is -3.92. The van der Waals surface area contributed by atoms with Gasteiger partial charge in [0.05, 0.1) is 30.4 Å². The largest absolute Gasteiger partial charge is 0.378 e. The fourth-order valence-corrected chi connectivity index (χ4v) is 4.69. The molecule has 0 unspecified atom stereocenters. The van der Waals surface area contributed by atoms with E-state index in [1.807, 2.05) is 6.07 Å². The lowest BCUT2D eigenvalue weighted by molar-refractivity contribution is -0.385. The Morgan fingerprint density at radius 3 is 2.69 bits per heavy atom. The number of amides is 1. The van der Waals surface area contributed by atoms with E-state index in [2.05, 4.69) is 4.90 Å². The highest BCUT2D eigenvalue weighted by Crippen LogP contribution is 2.29. The van der Waals surface area contributed by atoms with Crippen molar-refractivity contribution in [3.63, 3.8) is 0 Å². The Bertz CT molecular complexity index is 1330. The number of nitrogens with zero attached hydrogens (tertiary/aromatic N) is 5. The zero-order valence-corrected chi connectivity index (χ0v) is 19.9. The van der Waals surface area contributed by atoms with E-state index in [9.17, 15) is 19.3 Å². The number of halogens is 1. The molecule has 1 fully saturated rings. The van der Waals surface area contributed by atoms with Gasteiger partial charge in [-0.15, -0.1) is 0 Å². The predicted molar refractivity (Wildman–Crippen MR) is 131 cm³/mol. The molecular formula is C26H26FN5O4. The van der Waals surface area contributed by atoms with Gasteiger partial charge in [-0.3, -0.25) is 14.9 Å². The second-order valence-corrected chi connectivity index (χ2v) is 9.03. The van der Waals surface area contributed by atoms with Crippen LogP contribution in [-0.2, 0) is 24.1 Å². The highest BCUT2D eigenvalue weighted by Gasteiger charge is 2.29.